The molecule has 1 fully saturated rings. The Morgan fingerprint density at radius 2 is 1.84 bits per heavy atom. The van der Waals surface area contributed by atoms with Crippen molar-refractivity contribution in [3.8, 4) is 5.88 Å². The SMILES string of the molecule is Cc1ccc(OC2CCC(NC(=O)Nc3ccc(Cl)cc3)CC2)nc1. The molecular weight excluding hydrogens is 338 g/mol. The maximum Gasteiger partial charge on any atom is 0.319 e. The Hall–Kier alpha value is -2.27. The summed E-state index contributed by atoms with van der Waals surface area (Å²) in [5, 5.41) is 6.49. The molecule has 2 N–H and O–H groups in total. The third-order valence-corrected chi connectivity index (χ3v) is 4.54. The van der Waals surface area contributed by atoms with E-state index in [-0.39, 0.29) is 18.2 Å². The molecule has 132 valence electrons. The molecular formula is C19H22ClN3O2. The predicted molar refractivity (Wildman–Crippen MR) is 99.3 cm³/mol. The lowest BCUT2D eigenvalue weighted by Gasteiger charge is -2.29. The summed E-state index contributed by atoms with van der Waals surface area (Å²) < 4.78 is 5.92. The highest BCUT2D eigenvalue weighted by atomic mass is 35.5. The number of aryl methyl sites for hydroxylation is 1. The van der Waals surface area contributed by atoms with Crippen LogP contribution in [0.1, 0.15) is 31.2 Å². The number of amides is 2. The number of benzene rings is 1. The quantitative estimate of drug-likeness (QED) is 0.841. The van der Waals surface area contributed by atoms with Crippen molar-refractivity contribution in [2.45, 2.75) is 44.8 Å². The summed E-state index contributed by atoms with van der Waals surface area (Å²) in [6.45, 7) is 2.00. The molecule has 3 rings (SSSR count). The topological polar surface area (TPSA) is 63.2 Å². The predicted octanol–water partition coefficient (Wildman–Crippen LogP) is 4.56. The van der Waals surface area contributed by atoms with Gasteiger partial charge in [-0.25, -0.2) is 9.78 Å². The Morgan fingerprint density at radius 1 is 1.12 bits per heavy atom. The van der Waals surface area contributed by atoms with Gasteiger partial charge in [-0.1, -0.05) is 17.7 Å². The van der Waals surface area contributed by atoms with E-state index in [1.807, 2.05) is 25.3 Å². The number of halogens is 1. The number of urea groups is 1. The van der Waals surface area contributed by atoms with Gasteiger partial charge in [0.1, 0.15) is 6.10 Å². The van der Waals surface area contributed by atoms with Gasteiger partial charge in [-0.05, 0) is 62.4 Å². The van der Waals surface area contributed by atoms with Gasteiger partial charge >= 0.3 is 6.03 Å². The van der Waals surface area contributed by atoms with Crippen molar-refractivity contribution < 1.29 is 9.53 Å². The molecule has 0 saturated heterocycles. The summed E-state index contributed by atoms with van der Waals surface area (Å²) in [4.78, 5) is 16.4. The zero-order valence-corrected chi connectivity index (χ0v) is 14.9. The number of carbonyl (C=O) groups excluding carboxylic acids is 1. The van der Waals surface area contributed by atoms with Crippen LogP contribution in [0.2, 0.25) is 5.02 Å². The molecule has 0 aliphatic heterocycles. The lowest BCUT2D eigenvalue weighted by atomic mass is 9.93. The van der Waals surface area contributed by atoms with Gasteiger partial charge in [0.2, 0.25) is 5.88 Å². The van der Waals surface area contributed by atoms with E-state index in [1.165, 1.54) is 0 Å². The normalized spacial score (nSPS) is 19.9. The Balaban J connectivity index is 1.42. The number of nitrogens with zero attached hydrogens (tertiary/aromatic N) is 1. The summed E-state index contributed by atoms with van der Waals surface area (Å²) in [6, 6.07) is 10.9. The van der Waals surface area contributed by atoms with E-state index in [9.17, 15) is 4.79 Å². The monoisotopic (exact) mass is 359 g/mol. The van der Waals surface area contributed by atoms with E-state index in [0.29, 0.717) is 10.9 Å². The number of aromatic nitrogens is 1. The van der Waals surface area contributed by atoms with Crippen LogP contribution in [-0.2, 0) is 0 Å². The molecule has 2 amide bonds. The van der Waals surface area contributed by atoms with Crippen LogP contribution >= 0.6 is 11.6 Å². The standard InChI is InChI=1S/C19H22ClN3O2/c1-13-2-11-18(21-12-13)25-17-9-7-16(8-10-17)23-19(24)22-15-5-3-14(20)4-6-15/h2-6,11-12,16-17H,7-10H2,1H3,(H2,22,23,24). The van der Waals surface area contributed by atoms with Crippen LogP contribution in [0.5, 0.6) is 5.88 Å². The van der Waals surface area contributed by atoms with E-state index >= 15 is 0 Å². The van der Waals surface area contributed by atoms with Crippen molar-refractivity contribution in [1.82, 2.24) is 10.3 Å². The van der Waals surface area contributed by atoms with Crippen LogP contribution < -0.4 is 15.4 Å². The van der Waals surface area contributed by atoms with Crippen molar-refractivity contribution in [2.75, 3.05) is 5.32 Å². The molecule has 6 heteroatoms. The minimum atomic E-state index is -0.188. The number of rotatable bonds is 4. The van der Waals surface area contributed by atoms with Gasteiger partial charge in [0.25, 0.3) is 0 Å². The van der Waals surface area contributed by atoms with Gasteiger partial charge in [0, 0.05) is 29.0 Å². The summed E-state index contributed by atoms with van der Waals surface area (Å²) in [7, 11) is 0. The molecule has 5 nitrogen and oxygen atoms in total. The minimum absolute atomic E-state index is 0.160. The molecule has 0 atom stereocenters. The third-order valence-electron chi connectivity index (χ3n) is 4.28. The highest BCUT2D eigenvalue weighted by Gasteiger charge is 2.23. The van der Waals surface area contributed by atoms with Gasteiger partial charge in [-0.15, -0.1) is 0 Å². The number of ether oxygens (including phenoxy) is 1. The molecule has 2 aromatic rings. The molecule has 0 radical (unpaired) electrons. The number of carbonyl (C=O) groups is 1. The first-order valence-corrected chi connectivity index (χ1v) is 8.89. The zero-order valence-electron chi connectivity index (χ0n) is 14.2. The van der Waals surface area contributed by atoms with Crippen LogP contribution in [0, 0.1) is 6.92 Å². The second-order valence-electron chi connectivity index (χ2n) is 6.37. The molecule has 1 aromatic heterocycles. The van der Waals surface area contributed by atoms with Crippen molar-refractivity contribution in [1.29, 1.82) is 0 Å². The van der Waals surface area contributed by atoms with Crippen molar-refractivity contribution in [3.05, 3.63) is 53.2 Å². The maximum absolute atomic E-state index is 12.1. The van der Waals surface area contributed by atoms with Gasteiger partial charge < -0.3 is 15.4 Å². The number of hydrogen-bond acceptors (Lipinski definition) is 3. The first kappa shape index (κ1) is 17.5. The fraction of sp³-hybridized carbons (Fsp3) is 0.368. The Bertz CT molecular complexity index is 696. The van der Waals surface area contributed by atoms with Crippen LogP contribution in [0.15, 0.2) is 42.6 Å². The first-order valence-electron chi connectivity index (χ1n) is 8.51. The highest BCUT2D eigenvalue weighted by molar-refractivity contribution is 6.30. The Labute approximate surface area is 152 Å². The van der Waals surface area contributed by atoms with Gasteiger partial charge in [0.05, 0.1) is 0 Å². The molecule has 1 aliphatic rings. The minimum Gasteiger partial charge on any atom is -0.474 e. The van der Waals surface area contributed by atoms with Crippen LogP contribution in [0.3, 0.4) is 0 Å². The molecule has 1 heterocycles. The Morgan fingerprint density at radius 3 is 2.48 bits per heavy atom. The van der Waals surface area contributed by atoms with E-state index in [4.69, 9.17) is 16.3 Å². The number of pyridine rings is 1. The Kier molecular flexibility index (Phi) is 5.76. The highest BCUT2D eigenvalue weighted by Crippen LogP contribution is 2.23. The largest absolute Gasteiger partial charge is 0.474 e. The van der Waals surface area contributed by atoms with Crippen LogP contribution in [-0.4, -0.2) is 23.2 Å². The summed E-state index contributed by atoms with van der Waals surface area (Å²) >= 11 is 5.84. The van der Waals surface area contributed by atoms with Gasteiger partial charge in [-0.3, -0.25) is 0 Å². The molecule has 1 aromatic carbocycles. The molecule has 1 aliphatic carbocycles. The number of anilines is 1. The number of nitrogens with one attached hydrogen (secondary N) is 2. The van der Waals surface area contributed by atoms with Gasteiger partial charge in [-0.2, -0.15) is 0 Å². The first-order chi connectivity index (χ1) is 12.1. The second kappa shape index (κ2) is 8.21. The van der Waals surface area contributed by atoms with E-state index in [0.717, 1.165) is 36.9 Å². The molecule has 0 spiro atoms. The summed E-state index contributed by atoms with van der Waals surface area (Å²) in [5.41, 5.74) is 1.84. The van der Waals surface area contributed by atoms with Crippen molar-refractivity contribution >= 4 is 23.3 Å². The maximum atomic E-state index is 12.1. The average molecular weight is 360 g/mol. The van der Waals surface area contributed by atoms with Crippen molar-refractivity contribution in [3.63, 3.8) is 0 Å². The van der Waals surface area contributed by atoms with Crippen LogP contribution in [0.4, 0.5) is 10.5 Å². The zero-order chi connectivity index (χ0) is 17.6. The molecule has 0 bridgehead atoms. The lowest BCUT2D eigenvalue weighted by Crippen LogP contribution is -2.41. The van der Waals surface area contributed by atoms with Crippen molar-refractivity contribution in [2.24, 2.45) is 0 Å². The summed E-state index contributed by atoms with van der Waals surface area (Å²) in [6.07, 6.45) is 5.56. The number of hydrogen-bond donors (Lipinski definition) is 2. The third kappa shape index (κ3) is 5.36. The second-order valence-corrected chi connectivity index (χ2v) is 6.81. The van der Waals surface area contributed by atoms with Gasteiger partial charge in [0.15, 0.2) is 0 Å². The fourth-order valence-electron chi connectivity index (χ4n) is 2.91. The molecule has 1 saturated carbocycles. The molecule has 0 unspecified atom stereocenters. The van der Waals surface area contributed by atoms with E-state index in [2.05, 4.69) is 15.6 Å². The van der Waals surface area contributed by atoms with E-state index in [1.54, 1.807) is 24.3 Å². The van der Waals surface area contributed by atoms with E-state index < -0.39 is 0 Å². The summed E-state index contributed by atoms with van der Waals surface area (Å²) in [5.74, 6) is 0.669. The smallest absolute Gasteiger partial charge is 0.319 e. The molecule has 25 heavy (non-hydrogen) atoms. The lowest BCUT2D eigenvalue weighted by molar-refractivity contribution is 0.135. The fourth-order valence-corrected chi connectivity index (χ4v) is 3.03. The average Bonchev–Trinajstić information content (AvgIpc) is 2.61. The van der Waals surface area contributed by atoms with Crippen LogP contribution in [0.25, 0.3) is 0 Å².